The number of hydrogen-bond acceptors (Lipinski definition) is 1. The molecule has 0 aromatic rings. The van der Waals surface area contributed by atoms with E-state index in [1.54, 1.807) is 5.57 Å². The van der Waals surface area contributed by atoms with Crippen molar-refractivity contribution in [3.8, 4) is 0 Å². The zero-order chi connectivity index (χ0) is 9.38. The highest BCUT2D eigenvalue weighted by Gasteiger charge is 2.33. The second kappa shape index (κ2) is 3.39. The normalized spacial score (nSPS) is 40.0. The van der Waals surface area contributed by atoms with Gasteiger partial charge in [-0.2, -0.15) is 0 Å². The predicted octanol–water partition coefficient (Wildman–Crippen LogP) is 2.28. The molecule has 1 heterocycles. The van der Waals surface area contributed by atoms with Crippen molar-refractivity contribution in [2.24, 2.45) is 17.8 Å². The highest BCUT2D eigenvalue weighted by Crippen LogP contribution is 2.40. The molecule has 3 unspecified atom stereocenters. The van der Waals surface area contributed by atoms with Crippen molar-refractivity contribution < 1.29 is 0 Å². The van der Waals surface area contributed by atoms with E-state index in [2.05, 4.69) is 35.7 Å². The first-order valence-electron chi connectivity index (χ1n) is 5.70. The first-order valence-corrected chi connectivity index (χ1v) is 5.70. The lowest BCUT2D eigenvalue weighted by Crippen LogP contribution is -2.38. The molecule has 1 aliphatic heterocycles. The average molecular weight is 187 g/mol. The molecular weight excluding hydrogens is 170 g/mol. The Bertz CT molecular complexity index is 311. The lowest BCUT2D eigenvalue weighted by atomic mass is 9.68. The summed E-state index contributed by atoms with van der Waals surface area (Å²) in [6.07, 6.45) is 14.3. The van der Waals surface area contributed by atoms with E-state index in [1.807, 2.05) is 0 Å². The van der Waals surface area contributed by atoms with Crippen LogP contribution in [0.1, 0.15) is 12.8 Å². The molecule has 1 heteroatoms. The van der Waals surface area contributed by atoms with Gasteiger partial charge in [-0.05, 0) is 37.1 Å². The molecule has 0 amide bonds. The summed E-state index contributed by atoms with van der Waals surface area (Å²) in [6, 6.07) is 0. The number of nitrogens with one attached hydrogen (secondary N) is 1. The summed E-state index contributed by atoms with van der Waals surface area (Å²) in [6.45, 7) is 2.33. The maximum absolute atomic E-state index is 3.47. The molecule has 2 aliphatic carbocycles. The Kier molecular flexibility index (Phi) is 2.06. The van der Waals surface area contributed by atoms with Gasteiger partial charge in [0.2, 0.25) is 0 Å². The highest BCUT2D eigenvalue weighted by atomic mass is 14.9. The van der Waals surface area contributed by atoms with Crippen molar-refractivity contribution in [1.29, 1.82) is 0 Å². The molecule has 3 aliphatic rings. The third-order valence-electron chi connectivity index (χ3n) is 3.85. The van der Waals surface area contributed by atoms with Gasteiger partial charge in [-0.15, -0.1) is 0 Å². The van der Waals surface area contributed by atoms with Gasteiger partial charge in [0.1, 0.15) is 0 Å². The van der Waals surface area contributed by atoms with Crippen LogP contribution >= 0.6 is 0 Å². The van der Waals surface area contributed by atoms with Gasteiger partial charge in [-0.25, -0.2) is 0 Å². The van der Waals surface area contributed by atoms with Crippen molar-refractivity contribution >= 4 is 0 Å². The van der Waals surface area contributed by atoms with Gasteiger partial charge < -0.3 is 5.32 Å². The van der Waals surface area contributed by atoms with Gasteiger partial charge >= 0.3 is 0 Å². The van der Waals surface area contributed by atoms with E-state index in [0.29, 0.717) is 0 Å². The molecule has 0 aromatic carbocycles. The number of rotatable bonds is 0. The molecule has 0 saturated carbocycles. The van der Waals surface area contributed by atoms with Crippen LogP contribution in [-0.4, -0.2) is 13.1 Å². The summed E-state index contributed by atoms with van der Waals surface area (Å²) in [4.78, 5) is 0. The van der Waals surface area contributed by atoms with E-state index >= 15 is 0 Å². The van der Waals surface area contributed by atoms with Gasteiger partial charge in [0, 0.05) is 6.54 Å². The minimum Gasteiger partial charge on any atom is -0.313 e. The Hall–Kier alpha value is -0.820. The largest absolute Gasteiger partial charge is 0.313 e. The Morgan fingerprint density at radius 1 is 1.21 bits per heavy atom. The summed E-state index contributed by atoms with van der Waals surface area (Å²) >= 11 is 0. The van der Waals surface area contributed by atoms with E-state index in [-0.39, 0.29) is 0 Å². The number of fused-ring (bicyclic) bond motifs is 3. The molecule has 1 nitrogen and oxygen atoms in total. The molecule has 1 N–H and O–H groups in total. The van der Waals surface area contributed by atoms with Crippen LogP contribution in [0.4, 0.5) is 0 Å². The van der Waals surface area contributed by atoms with Gasteiger partial charge in [0.15, 0.2) is 0 Å². The lowest BCUT2D eigenvalue weighted by Gasteiger charge is -2.39. The second-order valence-electron chi connectivity index (χ2n) is 4.60. The fraction of sp³-hybridized carbons (Fsp3) is 0.538. The number of piperidine rings is 1. The molecule has 0 bridgehead atoms. The minimum absolute atomic E-state index is 0.784. The van der Waals surface area contributed by atoms with E-state index in [1.165, 1.54) is 19.4 Å². The van der Waals surface area contributed by atoms with Gasteiger partial charge in [0.25, 0.3) is 0 Å². The standard InChI is InChI=1S/C13H17N/c1-2-4-12-10(3-1)5-6-11-9-14-8-7-13(11)12/h1-4,6,10,12-14H,5,7-9H2. The SMILES string of the molecule is C1=CC2CC=C3CNCCC3C2C=C1. The van der Waals surface area contributed by atoms with Crippen LogP contribution in [0, 0.1) is 17.8 Å². The Morgan fingerprint density at radius 2 is 2.14 bits per heavy atom. The monoisotopic (exact) mass is 187 g/mol. The molecule has 0 radical (unpaired) electrons. The van der Waals surface area contributed by atoms with E-state index in [4.69, 9.17) is 0 Å². The molecule has 3 atom stereocenters. The second-order valence-corrected chi connectivity index (χ2v) is 4.60. The van der Waals surface area contributed by atoms with Gasteiger partial charge in [-0.1, -0.05) is 36.0 Å². The summed E-state index contributed by atoms with van der Waals surface area (Å²) < 4.78 is 0. The summed E-state index contributed by atoms with van der Waals surface area (Å²) in [5.41, 5.74) is 1.66. The molecule has 0 aromatic heterocycles. The fourth-order valence-corrected chi connectivity index (χ4v) is 3.10. The molecular formula is C13H17N. The first-order chi connectivity index (χ1) is 6.95. The van der Waals surface area contributed by atoms with E-state index in [9.17, 15) is 0 Å². The van der Waals surface area contributed by atoms with Crippen molar-refractivity contribution in [3.05, 3.63) is 36.0 Å². The third kappa shape index (κ3) is 1.27. The van der Waals surface area contributed by atoms with Crippen molar-refractivity contribution in [2.45, 2.75) is 12.8 Å². The topological polar surface area (TPSA) is 12.0 Å². The third-order valence-corrected chi connectivity index (χ3v) is 3.85. The minimum atomic E-state index is 0.784. The summed E-state index contributed by atoms with van der Waals surface area (Å²) in [5, 5.41) is 3.47. The maximum atomic E-state index is 3.47. The van der Waals surface area contributed by atoms with Gasteiger partial charge in [-0.3, -0.25) is 0 Å². The maximum Gasteiger partial charge on any atom is 0.0167 e. The Labute approximate surface area is 85.6 Å². The Morgan fingerprint density at radius 3 is 3.14 bits per heavy atom. The van der Waals surface area contributed by atoms with Gasteiger partial charge in [0.05, 0.1) is 0 Å². The van der Waals surface area contributed by atoms with Crippen LogP contribution < -0.4 is 5.32 Å². The van der Waals surface area contributed by atoms with Crippen molar-refractivity contribution in [3.63, 3.8) is 0 Å². The zero-order valence-corrected chi connectivity index (χ0v) is 8.45. The van der Waals surface area contributed by atoms with Crippen LogP contribution in [0.15, 0.2) is 36.0 Å². The first kappa shape index (κ1) is 8.49. The molecule has 1 fully saturated rings. The summed E-state index contributed by atoms with van der Waals surface area (Å²) in [5.74, 6) is 2.41. The quantitative estimate of drug-likeness (QED) is 0.574. The average Bonchev–Trinajstić information content (AvgIpc) is 2.29. The predicted molar refractivity (Wildman–Crippen MR) is 58.9 cm³/mol. The van der Waals surface area contributed by atoms with E-state index in [0.717, 1.165) is 24.3 Å². The highest BCUT2D eigenvalue weighted by molar-refractivity contribution is 5.26. The van der Waals surface area contributed by atoms with Crippen molar-refractivity contribution in [1.82, 2.24) is 5.32 Å². The van der Waals surface area contributed by atoms with Crippen LogP contribution in [0.5, 0.6) is 0 Å². The summed E-state index contributed by atoms with van der Waals surface area (Å²) in [7, 11) is 0. The van der Waals surface area contributed by atoms with Crippen LogP contribution in [0.3, 0.4) is 0 Å². The van der Waals surface area contributed by atoms with Crippen LogP contribution in [0.2, 0.25) is 0 Å². The zero-order valence-electron chi connectivity index (χ0n) is 8.45. The molecule has 3 rings (SSSR count). The number of allylic oxidation sites excluding steroid dienone is 5. The fourth-order valence-electron chi connectivity index (χ4n) is 3.10. The number of hydrogen-bond donors (Lipinski definition) is 1. The van der Waals surface area contributed by atoms with Crippen molar-refractivity contribution in [2.75, 3.05) is 13.1 Å². The molecule has 0 spiro atoms. The molecule has 14 heavy (non-hydrogen) atoms. The van der Waals surface area contributed by atoms with Crippen LogP contribution in [0.25, 0.3) is 0 Å². The lowest BCUT2D eigenvalue weighted by molar-refractivity contribution is 0.291. The molecule has 74 valence electrons. The van der Waals surface area contributed by atoms with E-state index < -0.39 is 0 Å². The Balaban J connectivity index is 1.91. The smallest absolute Gasteiger partial charge is 0.0167 e. The van der Waals surface area contributed by atoms with Crippen LogP contribution in [-0.2, 0) is 0 Å². The molecule has 1 saturated heterocycles.